The monoisotopic (exact) mass is 403 g/mol. The molecule has 0 aliphatic heterocycles. The number of carbonyl (C=O) groups excluding carboxylic acids is 1. The number of carbonyl (C=O) groups is 1. The Labute approximate surface area is 132 Å². The number of thiophene rings is 1. The number of rotatable bonds is 4. The quantitative estimate of drug-likeness (QED) is 0.784. The van der Waals surface area contributed by atoms with Crippen molar-refractivity contribution in [2.24, 2.45) is 0 Å². The molecule has 2 aromatic rings. The topological polar surface area (TPSA) is 38.3 Å². The van der Waals surface area contributed by atoms with Crippen molar-refractivity contribution in [2.45, 2.75) is 6.92 Å². The van der Waals surface area contributed by atoms with Crippen LogP contribution in [0.5, 0.6) is 5.75 Å². The summed E-state index contributed by atoms with van der Waals surface area (Å²) in [6.45, 7) is 2.52. The van der Waals surface area contributed by atoms with Crippen molar-refractivity contribution in [3.05, 3.63) is 43.5 Å². The Morgan fingerprint density at radius 1 is 1.37 bits per heavy atom. The molecule has 1 N–H and O–H groups in total. The third-order valence-corrected chi connectivity index (χ3v) is 5.53. The second-order valence-electron chi connectivity index (χ2n) is 3.65. The number of anilines is 1. The number of amides is 1. The van der Waals surface area contributed by atoms with Gasteiger partial charge in [0.1, 0.15) is 5.75 Å². The van der Waals surface area contributed by atoms with Crippen LogP contribution in [0.3, 0.4) is 0 Å². The average molecular weight is 405 g/mol. The molecule has 1 aromatic heterocycles. The van der Waals surface area contributed by atoms with Gasteiger partial charge in [-0.25, -0.2) is 0 Å². The molecule has 0 aliphatic carbocycles. The van der Waals surface area contributed by atoms with E-state index in [9.17, 15) is 4.79 Å². The number of hydrogen-bond acceptors (Lipinski definition) is 3. The number of nitrogens with one attached hydrogen (secondary N) is 1. The molecule has 0 atom stereocenters. The molecule has 0 radical (unpaired) electrons. The van der Waals surface area contributed by atoms with E-state index in [1.165, 1.54) is 11.3 Å². The number of halogens is 2. The van der Waals surface area contributed by atoms with Gasteiger partial charge in [-0.1, -0.05) is 6.07 Å². The van der Waals surface area contributed by atoms with Gasteiger partial charge < -0.3 is 10.1 Å². The van der Waals surface area contributed by atoms with Crippen molar-refractivity contribution < 1.29 is 9.53 Å². The van der Waals surface area contributed by atoms with Crippen LogP contribution < -0.4 is 10.1 Å². The van der Waals surface area contributed by atoms with E-state index < -0.39 is 0 Å². The first-order valence-corrected chi connectivity index (χ1v) is 7.99. The molecule has 2 rings (SSSR count). The molecule has 3 nitrogen and oxygen atoms in total. The summed E-state index contributed by atoms with van der Waals surface area (Å²) >= 11 is 8.12. The van der Waals surface area contributed by atoms with Gasteiger partial charge in [-0.15, -0.1) is 11.3 Å². The zero-order valence-corrected chi connectivity index (χ0v) is 14.1. The van der Waals surface area contributed by atoms with E-state index in [1.54, 1.807) is 12.1 Å². The summed E-state index contributed by atoms with van der Waals surface area (Å²) in [5, 5.41) is 2.85. The molecule has 19 heavy (non-hydrogen) atoms. The Kier molecular flexibility index (Phi) is 5.01. The molecular weight excluding hydrogens is 394 g/mol. The fourth-order valence-electron chi connectivity index (χ4n) is 1.48. The maximum absolute atomic E-state index is 12.1. The summed E-state index contributed by atoms with van der Waals surface area (Å²) in [6, 6.07) is 9.13. The van der Waals surface area contributed by atoms with Crippen LogP contribution in [0.15, 0.2) is 38.6 Å². The number of ether oxygens (including phenoxy) is 1. The van der Waals surface area contributed by atoms with Gasteiger partial charge in [0.15, 0.2) is 0 Å². The smallest absolute Gasteiger partial charge is 0.265 e. The van der Waals surface area contributed by atoms with E-state index in [-0.39, 0.29) is 5.91 Å². The van der Waals surface area contributed by atoms with E-state index in [0.717, 1.165) is 19.7 Å². The Morgan fingerprint density at radius 3 is 2.79 bits per heavy atom. The third kappa shape index (κ3) is 3.81. The van der Waals surface area contributed by atoms with Crippen molar-refractivity contribution in [3.8, 4) is 5.75 Å². The largest absolute Gasteiger partial charge is 0.494 e. The molecule has 0 aliphatic rings. The van der Waals surface area contributed by atoms with Crippen molar-refractivity contribution in [2.75, 3.05) is 11.9 Å². The maximum atomic E-state index is 12.1. The molecule has 0 saturated carbocycles. The van der Waals surface area contributed by atoms with Crippen LogP contribution in [0, 0.1) is 0 Å². The predicted molar refractivity (Wildman–Crippen MR) is 85.3 cm³/mol. The summed E-state index contributed by atoms with van der Waals surface area (Å²) in [5.41, 5.74) is 0.719. The Morgan fingerprint density at radius 2 is 2.16 bits per heavy atom. The zero-order valence-electron chi connectivity index (χ0n) is 10.1. The summed E-state index contributed by atoms with van der Waals surface area (Å²) in [4.78, 5) is 12.7. The van der Waals surface area contributed by atoms with E-state index in [2.05, 4.69) is 37.2 Å². The lowest BCUT2D eigenvalue weighted by Gasteiger charge is -2.06. The average Bonchev–Trinajstić information content (AvgIpc) is 2.71. The third-order valence-electron chi connectivity index (χ3n) is 2.27. The second kappa shape index (κ2) is 6.54. The summed E-state index contributed by atoms with van der Waals surface area (Å²) in [5.74, 6) is 0.610. The van der Waals surface area contributed by atoms with Crippen molar-refractivity contribution in [3.63, 3.8) is 0 Å². The highest BCUT2D eigenvalue weighted by molar-refractivity contribution is 9.13. The standard InChI is InChI=1S/C13H11Br2NO2S/c1-2-18-9-5-3-4-8(6-9)16-13(17)11-7-10(14)12(15)19-11/h3-7H,2H2,1H3,(H,16,17). The van der Waals surface area contributed by atoms with Gasteiger partial charge in [-0.3, -0.25) is 4.79 Å². The minimum Gasteiger partial charge on any atom is -0.494 e. The summed E-state index contributed by atoms with van der Waals surface area (Å²) in [6.07, 6.45) is 0. The number of hydrogen-bond donors (Lipinski definition) is 1. The fraction of sp³-hybridized carbons (Fsp3) is 0.154. The van der Waals surface area contributed by atoms with Crippen LogP contribution in [0.2, 0.25) is 0 Å². The van der Waals surface area contributed by atoms with Crippen LogP contribution in [-0.4, -0.2) is 12.5 Å². The van der Waals surface area contributed by atoms with Gasteiger partial charge in [-0.2, -0.15) is 0 Å². The first-order valence-electron chi connectivity index (χ1n) is 5.59. The lowest BCUT2D eigenvalue weighted by Crippen LogP contribution is -2.10. The maximum Gasteiger partial charge on any atom is 0.265 e. The SMILES string of the molecule is CCOc1cccc(NC(=O)c2cc(Br)c(Br)s2)c1. The van der Waals surface area contributed by atoms with E-state index >= 15 is 0 Å². The molecule has 0 unspecified atom stereocenters. The summed E-state index contributed by atoms with van der Waals surface area (Å²) in [7, 11) is 0. The van der Waals surface area contributed by atoms with Gasteiger partial charge in [0, 0.05) is 16.2 Å². The molecule has 0 fully saturated rings. The van der Waals surface area contributed by atoms with E-state index in [1.807, 2.05) is 25.1 Å². The Hall–Kier alpha value is -0.850. The molecule has 1 heterocycles. The lowest BCUT2D eigenvalue weighted by atomic mass is 10.3. The van der Waals surface area contributed by atoms with Gasteiger partial charge >= 0.3 is 0 Å². The summed E-state index contributed by atoms with van der Waals surface area (Å²) < 4.78 is 7.18. The predicted octanol–water partition coefficient (Wildman–Crippen LogP) is 4.92. The van der Waals surface area contributed by atoms with Gasteiger partial charge in [0.05, 0.1) is 15.3 Å². The van der Waals surface area contributed by atoms with E-state index in [0.29, 0.717) is 11.5 Å². The first kappa shape index (κ1) is 14.6. The van der Waals surface area contributed by atoms with Gasteiger partial charge in [0.2, 0.25) is 0 Å². The van der Waals surface area contributed by atoms with Crippen molar-refractivity contribution >= 4 is 54.8 Å². The van der Waals surface area contributed by atoms with Crippen molar-refractivity contribution in [1.82, 2.24) is 0 Å². The minimum atomic E-state index is -0.134. The first-order chi connectivity index (χ1) is 9.10. The molecule has 6 heteroatoms. The minimum absolute atomic E-state index is 0.134. The highest BCUT2D eigenvalue weighted by Crippen LogP contribution is 2.32. The zero-order chi connectivity index (χ0) is 13.8. The molecule has 1 amide bonds. The molecule has 0 spiro atoms. The Bertz CT molecular complexity index is 579. The second-order valence-corrected chi connectivity index (χ2v) is 6.87. The van der Waals surface area contributed by atoms with Crippen molar-refractivity contribution in [1.29, 1.82) is 0 Å². The van der Waals surface area contributed by atoms with Gasteiger partial charge in [0.25, 0.3) is 5.91 Å². The van der Waals surface area contributed by atoms with E-state index in [4.69, 9.17) is 4.74 Å². The number of benzene rings is 1. The van der Waals surface area contributed by atoms with Crippen LogP contribution in [0.4, 0.5) is 5.69 Å². The Balaban J connectivity index is 2.12. The highest BCUT2D eigenvalue weighted by atomic mass is 79.9. The van der Waals surface area contributed by atoms with Gasteiger partial charge in [-0.05, 0) is 57.0 Å². The molecule has 0 saturated heterocycles. The normalized spacial score (nSPS) is 10.3. The molecule has 0 bridgehead atoms. The highest BCUT2D eigenvalue weighted by Gasteiger charge is 2.12. The lowest BCUT2D eigenvalue weighted by molar-refractivity contribution is 0.103. The molecule has 1 aromatic carbocycles. The fourth-order valence-corrected chi connectivity index (χ4v) is 3.41. The molecular formula is C13H11Br2NO2S. The molecule has 100 valence electrons. The van der Waals surface area contributed by atoms with Crippen LogP contribution in [0.25, 0.3) is 0 Å². The van der Waals surface area contributed by atoms with Crippen LogP contribution in [-0.2, 0) is 0 Å². The van der Waals surface area contributed by atoms with Crippen LogP contribution in [0.1, 0.15) is 16.6 Å². The van der Waals surface area contributed by atoms with Crippen LogP contribution >= 0.6 is 43.2 Å².